The zero-order valence-electron chi connectivity index (χ0n) is 12.2. The van der Waals surface area contributed by atoms with E-state index in [0.29, 0.717) is 16.0 Å². The van der Waals surface area contributed by atoms with E-state index in [4.69, 9.17) is 17.3 Å². The lowest BCUT2D eigenvalue weighted by Crippen LogP contribution is -2.47. The van der Waals surface area contributed by atoms with E-state index in [2.05, 4.69) is 24.8 Å². The molecule has 8 heteroatoms. The summed E-state index contributed by atoms with van der Waals surface area (Å²) in [5, 5.41) is 1.39. The third kappa shape index (κ3) is 3.20. The highest BCUT2D eigenvalue weighted by molar-refractivity contribution is 7.98. The number of nitrogens with two attached hydrogens (primary N) is 1. The maximum absolute atomic E-state index is 6.21. The van der Waals surface area contributed by atoms with Gasteiger partial charge in [0, 0.05) is 38.4 Å². The smallest absolute Gasteiger partial charge is 0.191 e. The highest BCUT2D eigenvalue weighted by Gasteiger charge is 2.21. The van der Waals surface area contributed by atoms with E-state index in [-0.39, 0.29) is 0 Å². The second-order valence-corrected chi connectivity index (χ2v) is 6.10. The maximum Gasteiger partial charge on any atom is 0.191 e. The highest BCUT2D eigenvalue weighted by Crippen LogP contribution is 2.25. The molecule has 1 aliphatic heterocycles. The molecule has 0 aliphatic carbocycles. The number of aromatic nitrogens is 3. The highest BCUT2D eigenvalue weighted by atomic mass is 35.5. The molecule has 3 heterocycles. The minimum atomic E-state index is 0.504. The van der Waals surface area contributed by atoms with Crippen LogP contribution >= 0.6 is 23.4 Å². The Morgan fingerprint density at radius 2 is 1.91 bits per heavy atom. The number of hydrogen-bond donors (Lipinski definition) is 1. The van der Waals surface area contributed by atoms with Gasteiger partial charge in [-0.25, -0.2) is 15.0 Å². The average molecular weight is 337 g/mol. The Kier molecular flexibility index (Phi) is 4.54. The van der Waals surface area contributed by atoms with Crippen LogP contribution in [0.3, 0.4) is 0 Å². The first kappa shape index (κ1) is 15.2. The normalized spacial score (nSPS) is 15.2. The van der Waals surface area contributed by atoms with E-state index in [1.165, 1.54) is 11.8 Å². The van der Waals surface area contributed by atoms with Crippen LogP contribution in [0, 0.1) is 0 Å². The first-order valence-electron chi connectivity index (χ1n) is 6.96. The van der Waals surface area contributed by atoms with Crippen LogP contribution < -0.4 is 15.5 Å². The molecule has 1 aliphatic rings. The Morgan fingerprint density at radius 3 is 2.59 bits per heavy atom. The summed E-state index contributed by atoms with van der Waals surface area (Å²) in [6.07, 6.45) is 3.71. The van der Waals surface area contributed by atoms with Crippen molar-refractivity contribution in [1.29, 1.82) is 0 Å². The molecule has 6 nitrogen and oxygen atoms in total. The number of thioether (sulfide) groups is 1. The monoisotopic (exact) mass is 336 g/mol. The zero-order chi connectivity index (χ0) is 15.5. The van der Waals surface area contributed by atoms with Gasteiger partial charge >= 0.3 is 0 Å². The Balaban J connectivity index is 1.72. The molecule has 2 N–H and O–H groups in total. The van der Waals surface area contributed by atoms with E-state index in [1.54, 1.807) is 6.20 Å². The molecule has 1 fully saturated rings. The Hall–Kier alpha value is -1.73. The van der Waals surface area contributed by atoms with Crippen molar-refractivity contribution >= 4 is 40.8 Å². The fraction of sp³-hybridized carbons (Fsp3) is 0.357. The second-order valence-electron chi connectivity index (χ2n) is 4.92. The molecule has 0 spiro atoms. The molecule has 0 atom stereocenters. The summed E-state index contributed by atoms with van der Waals surface area (Å²) in [6.45, 7) is 3.37. The van der Waals surface area contributed by atoms with Crippen LogP contribution in [-0.4, -0.2) is 47.4 Å². The molecule has 0 bridgehead atoms. The number of anilines is 3. The van der Waals surface area contributed by atoms with Crippen molar-refractivity contribution in [2.75, 3.05) is 48.0 Å². The van der Waals surface area contributed by atoms with Crippen LogP contribution in [-0.2, 0) is 0 Å². The van der Waals surface area contributed by atoms with Gasteiger partial charge in [0.1, 0.15) is 17.5 Å². The SMILES string of the molecule is CSc1nc(N)cc(N2CCN(c3ncccc3Cl)CC2)n1. The quantitative estimate of drug-likeness (QED) is 0.680. The van der Waals surface area contributed by atoms with Gasteiger partial charge in [0.05, 0.1) is 5.02 Å². The first-order chi connectivity index (χ1) is 10.7. The molecule has 0 unspecified atom stereocenters. The molecule has 2 aromatic heterocycles. The van der Waals surface area contributed by atoms with Crippen LogP contribution in [0.15, 0.2) is 29.6 Å². The minimum Gasteiger partial charge on any atom is -0.383 e. The van der Waals surface area contributed by atoms with E-state index >= 15 is 0 Å². The van der Waals surface area contributed by atoms with Crippen LogP contribution in [0.5, 0.6) is 0 Å². The van der Waals surface area contributed by atoms with Crippen molar-refractivity contribution in [2.45, 2.75) is 5.16 Å². The van der Waals surface area contributed by atoms with Gasteiger partial charge in [-0.05, 0) is 18.4 Å². The molecule has 1 saturated heterocycles. The van der Waals surface area contributed by atoms with Gasteiger partial charge in [0.2, 0.25) is 0 Å². The molecule has 22 heavy (non-hydrogen) atoms. The summed E-state index contributed by atoms with van der Waals surface area (Å²) in [4.78, 5) is 17.5. The van der Waals surface area contributed by atoms with Crippen LogP contribution in [0.25, 0.3) is 0 Å². The van der Waals surface area contributed by atoms with Crippen molar-refractivity contribution in [3.63, 3.8) is 0 Å². The fourth-order valence-corrected chi connectivity index (χ4v) is 3.06. The average Bonchev–Trinajstić information content (AvgIpc) is 2.55. The summed E-state index contributed by atoms with van der Waals surface area (Å²) < 4.78 is 0. The van der Waals surface area contributed by atoms with Gasteiger partial charge < -0.3 is 15.5 Å². The third-order valence-electron chi connectivity index (χ3n) is 3.54. The summed E-state index contributed by atoms with van der Waals surface area (Å²) in [5.74, 6) is 2.23. The van der Waals surface area contributed by atoms with Gasteiger partial charge in [0.25, 0.3) is 0 Å². The lowest BCUT2D eigenvalue weighted by Gasteiger charge is -2.36. The van der Waals surface area contributed by atoms with E-state index < -0.39 is 0 Å². The molecule has 116 valence electrons. The van der Waals surface area contributed by atoms with E-state index in [0.717, 1.165) is 37.8 Å². The fourth-order valence-electron chi connectivity index (χ4n) is 2.44. The number of rotatable bonds is 3. The molecule has 0 aromatic carbocycles. The topological polar surface area (TPSA) is 71.2 Å². The molecular formula is C14H17ClN6S. The summed E-state index contributed by atoms with van der Waals surface area (Å²) in [7, 11) is 0. The number of pyridine rings is 1. The molecule has 3 rings (SSSR count). The molecule has 0 radical (unpaired) electrons. The maximum atomic E-state index is 6.21. The van der Waals surface area contributed by atoms with Gasteiger partial charge in [-0.2, -0.15) is 0 Å². The third-order valence-corrected chi connectivity index (χ3v) is 4.38. The Labute approximate surface area is 138 Å². The van der Waals surface area contributed by atoms with Crippen molar-refractivity contribution < 1.29 is 0 Å². The van der Waals surface area contributed by atoms with E-state index in [9.17, 15) is 0 Å². The van der Waals surface area contributed by atoms with Gasteiger partial charge in [0.15, 0.2) is 5.16 Å². The molecule has 0 amide bonds. The van der Waals surface area contributed by atoms with Crippen LogP contribution in [0.4, 0.5) is 17.5 Å². The van der Waals surface area contributed by atoms with Crippen LogP contribution in [0.1, 0.15) is 0 Å². The summed E-state index contributed by atoms with van der Waals surface area (Å²) in [6, 6.07) is 5.53. The van der Waals surface area contributed by atoms with Crippen LogP contribution in [0.2, 0.25) is 5.02 Å². The number of piperazine rings is 1. The lowest BCUT2D eigenvalue weighted by molar-refractivity contribution is 0.638. The number of halogens is 1. The summed E-state index contributed by atoms with van der Waals surface area (Å²) in [5.41, 5.74) is 5.85. The predicted molar refractivity (Wildman–Crippen MR) is 91.9 cm³/mol. The largest absolute Gasteiger partial charge is 0.383 e. The van der Waals surface area contributed by atoms with Gasteiger partial charge in [-0.15, -0.1) is 0 Å². The van der Waals surface area contributed by atoms with Crippen molar-refractivity contribution in [2.24, 2.45) is 0 Å². The standard InChI is InChI=1S/C14H17ClN6S/c1-22-14-18-11(16)9-12(19-14)20-5-7-21(8-6-20)13-10(15)3-2-4-17-13/h2-4,9H,5-8H2,1H3,(H2,16,18,19). The van der Waals surface area contributed by atoms with Crippen molar-refractivity contribution in [3.8, 4) is 0 Å². The second kappa shape index (κ2) is 6.58. The van der Waals surface area contributed by atoms with Gasteiger partial charge in [-0.3, -0.25) is 0 Å². The van der Waals surface area contributed by atoms with Crippen molar-refractivity contribution in [3.05, 3.63) is 29.4 Å². The summed E-state index contributed by atoms with van der Waals surface area (Å²) >= 11 is 7.71. The van der Waals surface area contributed by atoms with Gasteiger partial charge in [-0.1, -0.05) is 23.4 Å². The molecule has 2 aromatic rings. The zero-order valence-corrected chi connectivity index (χ0v) is 13.8. The Bertz CT molecular complexity index is 660. The number of nitrogen functional groups attached to an aromatic ring is 1. The first-order valence-corrected chi connectivity index (χ1v) is 8.56. The predicted octanol–water partition coefficient (Wildman–Crippen LogP) is 2.16. The minimum absolute atomic E-state index is 0.504. The van der Waals surface area contributed by atoms with Crippen molar-refractivity contribution in [1.82, 2.24) is 15.0 Å². The Morgan fingerprint density at radius 1 is 1.18 bits per heavy atom. The number of hydrogen-bond acceptors (Lipinski definition) is 7. The molecule has 0 saturated carbocycles. The lowest BCUT2D eigenvalue weighted by atomic mass is 10.3. The molecular weight excluding hydrogens is 320 g/mol. The van der Waals surface area contributed by atoms with E-state index in [1.807, 2.05) is 24.5 Å². The number of nitrogens with zero attached hydrogens (tertiary/aromatic N) is 5.